The average molecular weight is 750 g/mol. The number of methoxy groups -OCH3 is 1. The van der Waals surface area contributed by atoms with E-state index in [1.54, 1.807) is 18.3 Å². The third-order valence-corrected chi connectivity index (χ3v) is 10.8. The van der Waals surface area contributed by atoms with Crippen molar-refractivity contribution in [2.24, 2.45) is 0 Å². The van der Waals surface area contributed by atoms with Gasteiger partial charge in [-0.1, -0.05) is 23.7 Å². The van der Waals surface area contributed by atoms with E-state index < -0.39 is 17.8 Å². The first-order chi connectivity index (χ1) is 25.0. The van der Waals surface area contributed by atoms with Crippen LogP contribution in [0.3, 0.4) is 0 Å². The molecule has 0 radical (unpaired) electrons. The molecule has 52 heavy (non-hydrogen) atoms. The first kappa shape index (κ1) is 36.7. The van der Waals surface area contributed by atoms with Gasteiger partial charge in [0.2, 0.25) is 0 Å². The molecule has 3 atom stereocenters. The van der Waals surface area contributed by atoms with Gasteiger partial charge in [-0.15, -0.1) is 11.3 Å². The van der Waals surface area contributed by atoms with Gasteiger partial charge in [-0.05, 0) is 50.4 Å². The second-order valence-electron chi connectivity index (χ2n) is 12.4. The van der Waals surface area contributed by atoms with Crippen LogP contribution in [0.15, 0.2) is 30.5 Å². The second kappa shape index (κ2) is 15.3. The Bertz CT molecular complexity index is 2230. The lowest BCUT2D eigenvalue weighted by atomic mass is 9.96. The van der Waals surface area contributed by atoms with Crippen molar-refractivity contribution in [3.05, 3.63) is 58.2 Å². The van der Waals surface area contributed by atoms with Gasteiger partial charge in [0.1, 0.15) is 46.8 Å². The number of halogens is 4. The van der Waals surface area contributed by atoms with Crippen LogP contribution in [0.25, 0.3) is 32.1 Å². The summed E-state index contributed by atoms with van der Waals surface area (Å²) in [6.45, 7) is 5.71. The van der Waals surface area contributed by atoms with E-state index in [1.165, 1.54) is 39.0 Å². The smallest absolute Gasteiger partial charge is 0.318 e. The number of pyridine rings is 1. The Morgan fingerprint density at radius 1 is 1.15 bits per heavy atom. The number of nitriles is 2. The quantitative estimate of drug-likeness (QED) is 0.186. The van der Waals surface area contributed by atoms with Crippen LogP contribution in [0.5, 0.6) is 11.8 Å². The molecule has 16 heteroatoms. The second-order valence-corrected chi connectivity index (χ2v) is 13.8. The zero-order valence-corrected chi connectivity index (χ0v) is 30.2. The number of anilines is 3. The fourth-order valence-electron chi connectivity index (χ4n) is 7.12. The van der Waals surface area contributed by atoms with Gasteiger partial charge in [-0.25, -0.2) is 18.2 Å². The predicted molar refractivity (Wildman–Crippen MR) is 196 cm³/mol. The molecule has 3 aliphatic rings. The molecule has 8 rings (SSSR count). The molecule has 0 spiro atoms. The molecule has 4 N–H and O–H groups in total. The maximum Gasteiger partial charge on any atom is 0.318 e. The van der Waals surface area contributed by atoms with Crippen molar-refractivity contribution in [2.75, 3.05) is 49.7 Å². The standard InChI is InChI=1S/C27H20ClF2N7O2S.C7H12FN.C2H3N/c1-11(12-4-3-7-34-24(12)32)37-8-9-39-22-18-21(35-27(38-2)36-26(18)37)20(30)17(19(22)28)13-5-6-15(29)23-16(13)14(10-31)25(33)40-23;8-6-4-7-2-1-3-9(7)5-6;1-2-3/h3-7,11H,8-9,33H2,1-2H3,(H2,32,34);6-7H,1-5H2;1H3. The number of aromatic nitrogens is 3. The predicted octanol–water partition coefficient (Wildman–Crippen LogP) is 7.57. The summed E-state index contributed by atoms with van der Waals surface area (Å²) < 4.78 is 55.6. The SMILES string of the molecule is CC#N.COc1nc2c3c(c(Cl)c(-c4ccc(F)c5sc(N)c(C#N)c45)c(F)c3n1)OCCN2C(C)c1cccnc1N.FC1CC2CCCN2C1. The van der Waals surface area contributed by atoms with Gasteiger partial charge in [0.05, 0.1) is 46.4 Å². The number of alkyl halides is 1. The van der Waals surface area contributed by atoms with E-state index in [9.17, 15) is 14.0 Å². The summed E-state index contributed by atoms with van der Waals surface area (Å²) >= 11 is 7.79. The number of nitrogens with two attached hydrogens (primary N) is 2. The summed E-state index contributed by atoms with van der Waals surface area (Å²) in [5.41, 5.74) is 12.9. The molecule has 0 amide bonds. The van der Waals surface area contributed by atoms with Gasteiger partial charge in [-0.3, -0.25) is 4.90 Å². The normalized spacial score (nSPS) is 18.2. The van der Waals surface area contributed by atoms with Crippen LogP contribution in [0.4, 0.5) is 29.8 Å². The monoisotopic (exact) mass is 749 g/mol. The number of thiophene rings is 1. The van der Waals surface area contributed by atoms with Gasteiger partial charge in [0.15, 0.2) is 11.6 Å². The van der Waals surface area contributed by atoms with Gasteiger partial charge >= 0.3 is 6.01 Å². The van der Waals surface area contributed by atoms with Crippen molar-refractivity contribution in [2.45, 2.75) is 51.4 Å². The zero-order valence-electron chi connectivity index (χ0n) is 28.6. The Kier molecular flexibility index (Phi) is 10.8. The number of nitrogen functional groups attached to an aromatic ring is 2. The van der Waals surface area contributed by atoms with E-state index in [4.69, 9.17) is 37.8 Å². The third kappa shape index (κ3) is 6.56. The first-order valence-electron chi connectivity index (χ1n) is 16.5. The number of ether oxygens (including phenoxy) is 2. The Hall–Kier alpha value is -5.09. The van der Waals surface area contributed by atoms with E-state index in [0.717, 1.165) is 29.9 Å². The molecule has 3 aliphatic heterocycles. The molecule has 0 saturated carbocycles. The number of fused-ring (bicyclic) bond motifs is 2. The summed E-state index contributed by atoms with van der Waals surface area (Å²) in [5.74, 6) is -0.570. The fourth-order valence-corrected chi connectivity index (χ4v) is 8.40. The van der Waals surface area contributed by atoms with Gasteiger partial charge < -0.3 is 25.8 Å². The van der Waals surface area contributed by atoms with Crippen LogP contribution >= 0.6 is 22.9 Å². The van der Waals surface area contributed by atoms with E-state index in [0.29, 0.717) is 30.8 Å². The maximum absolute atomic E-state index is 16.6. The molecule has 2 aromatic carbocycles. The number of rotatable bonds is 4. The molecule has 0 bridgehead atoms. The number of hydrogen-bond donors (Lipinski definition) is 2. The van der Waals surface area contributed by atoms with Gasteiger partial charge in [-0.2, -0.15) is 20.5 Å². The highest BCUT2D eigenvalue weighted by molar-refractivity contribution is 7.23. The van der Waals surface area contributed by atoms with Gasteiger partial charge in [0.25, 0.3) is 0 Å². The van der Waals surface area contributed by atoms with Gasteiger partial charge in [0, 0.05) is 42.2 Å². The van der Waals surface area contributed by atoms with Crippen LogP contribution in [-0.4, -0.2) is 65.4 Å². The average Bonchev–Trinajstić information content (AvgIpc) is 3.77. The lowest BCUT2D eigenvalue weighted by Crippen LogP contribution is -2.31. The summed E-state index contributed by atoms with van der Waals surface area (Å²) in [4.78, 5) is 17.3. The molecule has 6 heterocycles. The molecular weight excluding hydrogens is 715 g/mol. The van der Waals surface area contributed by atoms with Crippen molar-refractivity contribution in [1.29, 1.82) is 10.5 Å². The Morgan fingerprint density at radius 3 is 2.62 bits per heavy atom. The van der Waals surface area contributed by atoms with Crippen LogP contribution in [0.2, 0.25) is 5.02 Å². The first-order valence-corrected chi connectivity index (χ1v) is 17.7. The third-order valence-electron chi connectivity index (χ3n) is 9.42. The molecule has 0 aliphatic carbocycles. The number of benzene rings is 2. The zero-order chi connectivity index (χ0) is 37.3. The van der Waals surface area contributed by atoms with E-state index >= 15 is 4.39 Å². The minimum Gasteiger partial charge on any atom is -0.489 e. The minimum absolute atomic E-state index is 0.0341. The molecule has 11 nitrogen and oxygen atoms in total. The molecule has 2 saturated heterocycles. The Labute approximate surface area is 307 Å². The molecule has 5 aromatic rings. The van der Waals surface area contributed by atoms with Crippen LogP contribution in [0.1, 0.15) is 50.3 Å². The van der Waals surface area contributed by atoms with E-state index in [1.807, 2.05) is 24.0 Å². The van der Waals surface area contributed by atoms with Crippen molar-refractivity contribution < 1.29 is 22.6 Å². The molecule has 3 unspecified atom stereocenters. The molecule has 2 fully saturated rings. The highest BCUT2D eigenvalue weighted by Gasteiger charge is 2.35. The Morgan fingerprint density at radius 2 is 1.92 bits per heavy atom. The van der Waals surface area contributed by atoms with Crippen LogP contribution < -0.4 is 25.8 Å². The summed E-state index contributed by atoms with van der Waals surface area (Å²) in [6.07, 6.45) is 4.41. The lowest BCUT2D eigenvalue weighted by Gasteiger charge is -2.30. The Balaban J connectivity index is 0.000000328. The highest BCUT2D eigenvalue weighted by atomic mass is 35.5. The summed E-state index contributed by atoms with van der Waals surface area (Å²) in [5, 5.41) is 17.5. The maximum atomic E-state index is 16.6. The number of nitrogens with zero attached hydrogens (tertiary/aromatic N) is 7. The van der Waals surface area contributed by atoms with E-state index in [2.05, 4.69) is 19.9 Å². The minimum atomic E-state index is -0.814. The van der Waals surface area contributed by atoms with Crippen molar-refractivity contribution in [3.63, 3.8) is 0 Å². The van der Waals surface area contributed by atoms with Crippen LogP contribution in [0, 0.1) is 34.3 Å². The summed E-state index contributed by atoms with van der Waals surface area (Å²) in [6, 6.07) is 10.1. The van der Waals surface area contributed by atoms with E-state index in [-0.39, 0.29) is 72.1 Å². The number of hydrogen-bond acceptors (Lipinski definition) is 12. The van der Waals surface area contributed by atoms with Crippen molar-refractivity contribution in [1.82, 2.24) is 19.9 Å². The lowest BCUT2D eigenvalue weighted by molar-refractivity contribution is 0.292. The molecular formula is C36H35ClF3N9O2S. The van der Waals surface area contributed by atoms with Crippen LogP contribution in [-0.2, 0) is 0 Å². The van der Waals surface area contributed by atoms with Crippen molar-refractivity contribution >= 4 is 60.6 Å². The largest absolute Gasteiger partial charge is 0.489 e. The topological polar surface area (TPSA) is 163 Å². The highest BCUT2D eigenvalue weighted by Crippen LogP contribution is 2.51. The fraction of sp³-hybridized carbons (Fsp3) is 0.361. The molecule has 3 aromatic heterocycles. The van der Waals surface area contributed by atoms with Crippen molar-refractivity contribution in [3.8, 4) is 35.0 Å². The summed E-state index contributed by atoms with van der Waals surface area (Å²) in [7, 11) is 1.38. The molecule has 270 valence electrons.